The van der Waals surface area contributed by atoms with E-state index >= 15 is 0 Å². The van der Waals surface area contributed by atoms with Gasteiger partial charge in [-0.15, -0.1) is 12.3 Å². The molecule has 1 atom stereocenters. The van der Waals surface area contributed by atoms with E-state index < -0.39 is 0 Å². The molecule has 0 spiro atoms. The maximum Gasteiger partial charge on any atom is 0.0114 e. The van der Waals surface area contributed by atoms with Crippen molar-refractivity contribution in [2.24, 2.45) is 11.8 Å². The van der Waals surface area contributed by atoms with Crippen LogP contribution < -0.4 is 0 Å². The average Bonchev–Trinajstić information content (AvgIpc) is 2.38. The Balaban J connectivity index is 2.26. The fraction of sp³-hybridized carbons (Fsp3) is 0.800. The third-order valence-electron chi connectivity index (χ3n) is 2.64. The van der Waals surface area contributed by atoms with Crippen LogP contribution >= 0.6 is 0 Å². The minimum atomic E-state index is 0.771. The van der Waals surface area contributed by atoms with Crippen molar-refractivity contribution in [3.05, 3.63) is 0 Å². The molecule has 0 heteroatoms. The summed E-state index contributed by atoms with van der Waals surface area (Å²) in [6.07, 6.45) is 11.9. The van der Waals surface area contributed by atoms with Crippen LogP contribution in [0.15, 0.2) is 0 Å². The zero-order chi connectivity index (χ0) is 7.40. The van der Waals surface area contributed by atoms with E-state index in [0.29, 0.717) is 0 Å². The van der Waals surface area contributed by atoms with Crippen molar-refractivity contribution in [2.45, 2.75) is 39.0 Å². The molecule has 1 aliphatic carbocycles. The minimum absolute atomic E-state index is 0.771. The van der Waals surface area contributed by atoms with E-state index in [9.17, 15) is 0 Å². The highest BCUT2D eigenvalue weighted by molar-refractivity contribution is 4.88. The van der Waals surface area contributed by atoms with Crippen LogP contribution in [0.3, 0.4) is 0 Å². The van der Waals surface area contributed by atoms with Crippen molar-refractivity contribution in [3.8, 4) is 12.3 Å². The molecule has 0 aliphatic heterocycles. The summed E-state index contributed by atoms with van der Waals surface area (Å²) < 4.78 is 0. The molecule has 0 aromatic rings. The monoisotopic (exact) mass is 136 g/mol. The van der Waals surface area contributed by atoms with Gasteiger partial charge in [0.05, 0.1) is 0 Å². The Hall–Kier alpha value is -0.440. The van der Waals surface area contributed by atoms with Gasteiger partial charge in [0, 0.05) is 6.42 Å². The van der Waals surface area contributed by atoms with Crippen LogP contribution in [-0.4, -0.2) is 0 Å². The van der Waals surface area contributed by atoms with E-state index in [0.717, 1.165) is 18.3 Å². The molecule has 1 aliphatic rings. The molecule has 56 valence electrons. The van der Waals surface area contributed by atoms with Crippen molar-refractivity contribution >= 4 is 0 Å². The number of terminal acetylenes is 1. The van der Waals surface area contributed by atoms with Crippen molar-refractivity contribution in [1.82, 2.24) is 0 Å². The Bertz CT molecular complexity index is 123. The summed E-state index contributed by atoms with van der Waals surface area (Å²) in [6.45, 7) is 2.29. The lowest BCUT2D eigenvalue weighted by molar-refractivity contribution is 0.374. The largest absolute Gasteiger partial charge is 0.120 e. The summed E-state index contributed by atoms with van der Waals surface area (Å²) in [5.74, 6) is 4.46. The fourth-order valence-corrected chi connectivity index (χ4v) is 1.88. The van der Waals surface area contributed by atoms with E-state index in [2.05, 4.69) is 12.8 Å². The van der Waals surface area contributed by atoms with Crippen LogP contribution in [0, 0.1) is 24.2 Å². The molecule has 0 N–H and O–H groups in total. The number of hydrogen-bond acceptors (Lipinski definition) is 0. The quantitative estimate of drug-likeness (QED) is 0.512. The van der Waals surface area contributed by atoms with Gasteiger partial charge in [-0.2, -0.15) is 0 Å². The van der Waals surface area contributed by atoms with Crippen LogP contribution in [0.25, 0.3) is 0 Å². The van der Waals surface area contributed by atoms with Gasteiger partial charge in [-0.3, -0.25) is 0 Å². The Kier molecular flexibility index (Phi) is 2.81. The Labute approximate surface area is 64.0 Å². The van der Waals surface area contributed by atoms with Gasteiger partial charge in [0.2, 0.25) is 0 Å². The van der Waals surface area contributed by atoms with Crippen LogP contribution in [-0.2, 0) is 0 Å². The van der Waals surface area contributed by atoms with Crippen molar-refractivity contribution in [1.29, 1.82) is 0 Å². The predicted octanol–water partition coefficient (Wildman–Crippen LogP) is 2.84. The van der Waals surface area contributed by atoms with Gasteiger partial charge >= 0.3 is 0 Å². The van der Waals surface area contributed by atoms with E-state index in [1.807, 2.05) is 0 Å². The van der Waals surface area contributed by atoms with Crippen molar-refractivity contribution < 1.29 is 0 Å². The third-order valence-corrected chi connectivity index (χ3v) is 2.64. The average molecular weight is 136 g/mol. The standard InChI is InChI=1S/C10H16/c1-3-6-9(2)10-7-4-5-8-10/h1,9-10H,4-8H2,2H3/t9-/m1/s1. The van der Waals surface area contributed by atoms with Crippen LogP contribution in [0.1, 0.15) is 39.0 Å². The second-order valence-corrected chi connectivity index (χ2v) is 3.43. The second kappa shape index (κ2) is 3.66. The normalized spacial score (nSPS) is 22.4. The minimum Gasteiger partial charge on any atom is -0.120 e. The first-order valence-electron chi connectivity index (χ1n) is 4.28. The fourth-order valence-electron chi connectivity index (χ4n) is 1.88. The van der Waals surface area contributed by atoms with Crippen LogP contribution in [0.2, 0.25) is 0 Å². The molecular formula is C10H16. The predicted molar refractivity (Wildman–Crippen MR) is 44.6 cm³/mol. The first-order chi connectivity index (χ1) is 4.84. The summed E-state index contributed by atoms with van der Waals surface area (Å²) in [7, 11) is 0. The summed E-state index contributed by atoms with van der Waals surface area (Å²) >= 11 is 0. The van der Waals surface area contributed by atoms with Gasteiger partial charge in [0.15, 0.2) is 0 Å². The zero-order valence-corrected chi connectivity index (χ0v) is 6.77. The highest BCUT2D eigenvalue weighted by Crippen LogP contribution is 2.32. The molecule has 0 nitrogen and oxygen atoms in total. The van der Waals surface area contributed by atoms with Gasteiger partial charge < -0.3 is 0 Å². The lowest BCUT2D eigenvalue weighted by Crippen LogP contribution is -2.05. The lowest BCUT2D eigenvalue weighted by atomic mass is 9.90. The third kappa shape index (κ3) is 1.77. The molecule has 0 bridgehead atoms. The number of rotatable bonds is 2. The molecule has 1 saturated carbocycles. The first kappa shape index (κ1) is 7.66. The maximum absolute atomic E-state index is 5.25. The van der Waals surface area contributed by atoms with Gasteiger partial charge in [-0.25, -0.2) is 0 Å². The van der Waals surface area contributed by atoms with Gasteiger partial charge in [0.1, 0.15) is 0 Å². The molecule has 1 fully saturated rings. The summed E-state index contributed by atoms with van der Waals surface area (Å²) in [5.41, 5.74) is 0. The van der Waals surface area contributed by atoms with Gasteiger partial charge in [0.25, 0.3) is 0 Å². The molecular weight excluding hydrogens is 120 g/mol. The van der Waals surface area contributed by atoms with E-state index in [4.69, 9.17) is 6.42 Å². The van der Waals surface area contributed by atoms with Crippen LogP contribution in [0.4, 0.5) is 0 Å². The maximum atomic E-state index is 5.25. The molecule has 0 aromatic carbocycles. The summed E-state index contributed by atoms with van der Waals surface area (Å²) in [4.78, 5) is 0. The smallest absolute Gasteiger partial charge is 0.0114 e. The lowest BCUT2D eigenvalue weighted by Gasteiger charge is -2.15. The number of hydrogen-bond donors (Lipinski definition) is 0. The highest BCUT2D eigenvalue weighted by atomic mass is 14.2. The topological polar surface area (TPSA) is 0 Å². The van der Waals surface area contributed by atoms with Gasteiger partial charge in [-0.1, -0.05) is 32.6 Å². The zero-order valence-electron chi connectivity index (χ0n) is 6.77. The van der Waals surface area contributed by atoms with Crippen LogP contribution in [0.5, 0.6) is 0 Å². The van der Waals surface area contributed by atoms with Crippen molar-refractivity contribution in [2.75, 3.05) is 0 Å². The summed E-state index contributed by atoms with van der Waals surface area (Å²) in [5, 5.41) is 0. The molecule has 0 amide bonds. The first-order valence-corrected chi connectivity index (χ1v) is 4.28. The van der Waals surface area contributed by atoms with E-state index in [1.165, 1.54) is 25.7 Å². The Morgan fingerprint density at radius 3 is 2.60 bits per heavy atom. The Morgan fingerprint density at radius 2 is 2.10 bits per heavy atom. The molecule has 10 heavy (non-hydrogen) atoms. The molecule has 0 radical (unpaired) electrons. The molecule has 1 rings (SSSR count). The van der Waals surface area contributed by atoms with Crippen molar-refractivity contribution in [3.63, 3.8) is 0 Å². The summed E-state index contributed by atoms with van der Waals surface area (Å²) in [6, 6.07) is 0. The highest BCUT2D eigenvalue weighted by Gasteiger charge is 2.20. The Morgan fingerprint density at radius 1 is 1.50 bits per heavy atom. The molecule has 0 heterocycles. The van der Waals surface area contributed by atoms with Gasteiger partial charge in [-0.05, 0) is 11.8 Å². The molecule has 0 aromatic heterocycles. The molecule has 0 unspecified atom stereocenters. The van der Waals surface area contributed by atoms with E-state index in [1.54, 1.807) is 0 Å². The molecule has 0 saturated heterocycles. The SMILES string of the molecule is C#CC[C@@H](C)C1CCCC1. The second-order valence-electron chi connectivity index (χ2n) is 3.43. The van der Waals surface area contributed by atoms with E-state index in [-0.39, 0.29) is 0 Å².